The monoisotopic (exact) mass is 326 g/mol. The fourth-order valence-corrected chi connectivity index (χ4v) is 2.05. The van der Waals surface area contributed by atoms with Gasteiger partial charge in [-0.25, -0.2) is 9.78 Å². The quantitative estimate of drug-likeness (QED) is 0.394. The van der Waals surface area contributed by atoms with E-state index in [0.717, 1.165) is 0 Å². The number of aliphatic carboxylic acids is 2. The van der Waals surface area contributed by atoms with Crippen LogP contribution in [0.1, 0.15) is 26.0 Å². The average Bonchev–Trinajstić information content (AvgIpc) is 2.94. The Hall–Kier alpha value is -2.42. The number of carboxylic acid groups (broad SMARTS) is 2. The van der Waals surface area contributed by atoms with Gasteiger partial charge < -0.3 is 20.5 Å². The molecule has 2 atom stereocenters. The number of hydrogen-bond acceptors (Lipinski definition) is 5. The second-order valence-corrected chi connectivity index (χ2v) is 5.64. The number of rotatable bonds is 10. The van der Waals surface area contributed by atoms with Crippen molar-refractivity contribution in [1.29, 1.82) is 0 Å². The smallest absolute Gasteiger partial charge is 0.326 e. The molecule has 0 bridgehead atoms. The van der Waals surface area contributed by atoms with E-state index >= 15 is 0 Å². The standard InChI is InChI=1S/C14H22N4O5/c1-8(2)3-11(14(22)23)18-13(21)10(16-6-12(19)20)4-9-5-15-7-17-9/h5,7-8,10-11,16H,3-4,6H2,1-2H3,(H,15,17)(H,18,21)(H,19,20)(H,22,23)/t10-,11-/m1/s1. The number of carboxylic acids is 2. The molecule has 0 aromatic carbocycles. The van der Waals surface area contributed by atoms with Crippen LogP contribution in [0.2, 0.25) is 0 Å². The van der Waals surface area contributed by atoms with Gasteiger partial charge in [-0.05, 0) is 12.3 Å². The normalized spacial score (nSPS) is 13.5. The van der Waals surface area contributed by atoms with Crippen LogP contribution in [0, 0.1) is 5.92 Å². The summed E-state index contributed by atoms with van der Waals surface area (Å²) in [6, 6.07) is -1.89. The molecule has 1 rings (SSSR count). The highest BCUT2D eigenvalue weighted by Crippen LogP contribution is 2.06. The number of hydrogen-bond donors (Lipinski definition) is 5. The minimum Gasteiger partial charge on any atom is -0.480 e. The van der Waals surface area contributed by atoms with Crippen molar-refractivity contribution < 1.29 is 24.6 Å². The molecule has 0 aliphatic heterocycles. The number of imidazole rings is 1. The average molecular weight is 326 g/mol. The third kappa shape index (κ3) is 6.92. The lowest BCUT2D eigenvalue weighted by molar-refractivity contribution is -0.143. The number of aromatic nitrogens is 2. The summed E-state index contributed by atoms with van der Waals surface area (Å²) >= 11 is 0. The van der Waals surface area contributed by atoms with Gasteiger partial charge in [-0.3, -0.25) is 14.9 Å². The van der Waals surface area contributed by atoms with Gasteiger partial charge in [0.15, 0.2) is 0 Å². The Labute approximate surface area is 133 Å². The van der Waals surface area contributed by atoms with Crippen LogP contribution in [0.15, 0.2) is 12.5 Å². The van der Waals surface area contributed by atoms with Crippen LogP contribution in [-0.4, -0.2) is 56.7 Å². The van der Waals surface area contributed by atoms with E-state index in [2.05, 4.69) is 20.6 Å². The van der Waals surface area contributed by atoms with Crippen LogP contribution in [0.25, 0.3) is 0 Å². The molecule has 0 unspecified atom stereocenters. The molecule has 23 heavy (non-hydrogen) atoms. The Morgan fingerprint density at radius 3 is 2.43 bits per heavy atom. The van der Waals surface area contributed by atoms with Crippen LogP contribution in [-0.2, 0) is 20.8 Å². The van der Waals surface area contributed by atoms with E-state index < -0.39 is 36.5 Å². The maximum absolute atomic E-state index is 12.3. The minimum atomic E-state index is -1.12. The van der Waals surface area contributed by atoms with E-state index in [9.17, 15) is 19.5 Å². The van der Waals surface area contributed by atoms with Crippen molar-refractivity contribution in [2.75, 3.05) is 6.54 Å². The lowest BCUT2D eigenvalue weighted by atomic mass is 10.0. The number of carbonyl (C=O) groups is 3. The molecule has 9 heteroatoms. The van der Waals surface area contributed by atoms with Gasteiger partial charge in [0.2, 0.25) is 5.91 Å². The van der Waals surface area contributed by atoms with Crippen LogP contribution >= 0.6 is 0 Å². The SMILES string of the molecule is CC(C)C[C@@H](NC(=O)[C@@H](Cc1cnc[nH]1)NCC(=O)O)C(=O)O. The number of carbonyl (C=O) groups excluding carboxylic acids is 1. The molecular formula is C14H22N4O5. The molecule has 0 aliphatic carbocycles. The number of aromatic amines is 1. The summed E-state index contributed by atoms with van der Waals surface area (Å²) in [4.78, 5) is 40.9. The zero-order valence-corrected chi connectivity index (χ0v) is 13.1. The van der Waals surface area contributed by atoms with Crippen LogP contribution < -0.4 is 10.6 Å². The Kier molecular flexibility index (Phi) is 7.20. The largest absolute Gasteiger partial charge is 0.480 e. The minimum absolute atomic E-state index is 0.0921. The second-order valence-electron chi connectivity index (χ2n) is 5.64. The van der Waals surface area contributed by atoms with Gasteiger partial charge in [-0.1, -0.05) is 13.8 Å². The topological polar surface area (TPSA) is 144 Å². The third-order valence-electron chi connectivity index (χ3n) is 3.12. The zero-order chi connectivity index (χ0) is 17.4. The number of H-pyrrole nitrogens is 1. The summed E-state index contributed by atoms with van der Waals surface area (Å²) in [6.07, 6.45) is 3.43. The van der Waals surface area contributed by atoms with E-state index in [4.69, 9.17) is 5.11 Å². The van der Waals surface area contributed by atoms with Crippen LogP contribution in [0.3, 0.4) is 0 Å². The lowest BCUT2D eigenvalue weighted by Crippen LogP contribution is -2.52. The Bertz CT molecular complexity index is 529. The maximum atomic E-state index is 12.3. The highest BCUT2D eigenvalue weighted by Gasteiger charge is 2.26. The zero-order valence-electron chi connectivity index (χ0n) is 13.1. The van der Waals surface area contributed by atoms with Gasteiger partial charge in [0, 0.05) is 18.3 Å². The van der Waals surface area contributed by atoms with E-state index in [1.807, 2.05) is 13.8 Å². The highest BCUT2D eigenvalue weighted by molar-refractivity contribution is 5.87. The third-order valence-corrected chi connectivity index (χ3v) is 3.12. The second kappa shape index (κ2) is 8.89. The van der Waals surface area contributed by atoms with Gasteiger partial charge in [0.25, 0.3) is 0 Å². The first-order valence-electron chi connectivity index (χ1n) is 7.25. The molecule has 128 valence electrons. The Balaban J connectivity index is 2.75. The first-order valence-corrected chi connectivity index (χ1v) is 7.25. The highest BCUT2D eigenvalue weighted by atomic mass is 16.4. The molecule has 0 saturated carbocycles. The molecule has 0 radical (unpaired) electrons. The van der Waals surface area contributed by atoms with Crippen molar-refractivity contribution in [3.8, 4) is 0 Å². The lowest BCUT2D eigenvalue weighted by Gasteiger charge is -2.21. The summed E-state index contributed by atoms with van der Waals surface area (Å²) in [7, 11) is 0. The van der Waals surface area contributed by atoms with E-state index in [1.54, 1.807) is 0 Å². The molecule has 1 heterocycles. The molecule has 0 fully saturated rings. The van der Waals surface area contributed by atoms with Gasteiger partial charge in [0.05, 0.1) is 18.9 Å². The summed E-state index contributed by atoms with van der Waals surface area (Å²) in [5.74, 6) is -2.70. The molecule has 0 spiro atoms. The fraction of sp³-hybridized carbons (Fsp3) is 0.571. The van der Waals surface area contributed by atoms with Crippen molar-refractivity contribution in [3.05, 3.63) is 18.2 Å². The number of nitrogens with zero attached hydrogens (tertiary/aromatic N) is 1. The predicted molar refractivity (Wildman–Crippen MR) is 80.7 cm³/mol. The van der Waals surface area contributed by atoms with Gasteiger partial charge >= 0.3 is 11.9 Å². The first-order chi connectivity index (χ1) is 10.8. The van der Waals surface area contributed by atoms with E-state index in [-0.39, 0.29) is 18.8 Å². The molecule has 1 aromatic heterocycles. The summed E-state index contributed by atoms with van der Waals surface area (Å²) < 4.78 is 0. The molecule has 0 aliphatic rings. The van der Waals surface area contributed by atoms with Crippen LogP contribution in [0.4, 0.5) is 0 Å². The van der Waals surface area contributed by atoms with Gasteiger partial charge in [0.1, 0.15) is 6.04 Å². The molecule has 1 aromatic rings. The van der Waals surface area contributed by atoms with E-state index in [0.29, 0.717) is 5.69 Å². The Morgan fingerprint density at radius 2 is 1.96 bits per heavy atom. The fourth-order valence-electron chi connectivity index (χ4n) is 2.05. The van der Waals surface area contributed by atoms with Crippen molar-refractivity contribution >= 4 is 17.8 Å². The summed E-state index contributed by atoms with van der Waals surface area (Å²) in [5.41, 5.74) is 0.638. The summed E-state index contributed by atoms with van der Waals surface area (Å²) in [6.45, 7) is 3.30. The van der Waals surface area contributed by atoms with Crippen molar-refractivity contribution in [1.82, 2.24) is 20.6 Å². The molecular weight excluding hydrogens is 304 g/mol. The number of nitrogens with one attached hydrogen (secondary N) is 3. The van der Waals surface area contributed by atoms with E-state index in [1.165, 1.54) is 12.5 Å². The van der Waals surface area contributed by atoms with Crippen LogP contribution in [0.5, 0.6) is 0 Å². The van der Waals surface area contributed by atoms with Crippen molar-refractivity contribution in [3.63, 3.8) is 0 Å². The van der Waals surface area contributed by atoms with Gasteiger partial charge in [-0.15, -0.1) is 0 Å². The molecule has 9 nitrogen and oxygen atoms in total. The summed E-state index contributed by atoms with van der Waals surface area (Å²) in [5, 5.41) is 23.0. The molecule has 5 N–H and O–H groups in total. The maximum Gasteiger partial charge on any atom is 0.326 e. The first kappa shape index (κ1) is 18.6. The molecule has 0 saturated heterocycles. The number of amides is 1. The Morgan fingerprint density at radius 1 is 1.26 bits per heavy atom. The van der Waals surface area contributed by atoms with Crippen molar-refractivity contribution in [2.24, 2.45) is 5.92 Å². The predicted octanol–water partition coefficient (Wildman–Crippen LogP) is -0.389. The molecule has 1 amide bonds. The van der Waals surface area contributed by atoms with Gasteiger partial charge in [-0.2, -0.15) is 0 Å². The van der Waals surface area contributed by atoms with Crippen molar-refractivity contribution in [2.45, 2.75) is 38.8 Å².